The van der Waals surface area contributed by atoms with Gasteiger partial charge < -0.3 is 4.79 Å². The molecule has 1 rings (SSSR count). The highest BCUT2D eigenvalue weighted by Gasteiger charge is 2.10. The molecule has 0 atom stereocenters. The predicted octanol–water partition coefficient (Wildman–Crippen LogP) is 6.94. The van der Waals surface area contributed by atoms with Crippen LogP contribution in [0.4, 0.5) is 10.1 Å². The van der Waals surface area contributed by atoms with Gasteiger partial charge in [0.2, 0.25) is 0 Å². The summed E-state index contributed by atoms with van der Waals surface area (Å²) in [5.74, 6) is -0.465. The second-order valence-electron chi connectivity index (χ2n) is 7.33. The Hall–Kier alpha value is -1.78. The Morgan fingerprint density at radius 2 is 1.30 bits per heavy atom. The molecule has 0 fully saturated rings. The highest BCUT2D eigenvalue weighted by molar-refractivity contribution is 5.48. The lowest BCUT2D eigenvalue weighted by atomic mass is 10.0. The van der Waals surface area contributed by atoms with E-state index in [9.17, 15) is 19.3 Å². The lowest BCUT2D eigenvalue weighted by Crippen LogP contribution is -1.94. The van der Waals surface area contributed by atoms with Crippen LogP contribution in [-0.4, -0.2) is 11.2 Å². The van der Waals surface area contributed by atoms with Crippen molar-refractivity contribution in [1.29, 1.82) is 0 Å². The van der Waals surface area contributed by atoms with Crippen molar-refractivity contribution < 1.29 is 14.1 Å². The summed E-state index contributed by atoms with van der Waals surface area (Å²) in [6.07, 6.45) is 18.0. The fourth-order valence-electron chi connectivity index (χ4n) is 3.34. The number of halogens is 1. The topological polar surface area (TPSA) is 60.2 Å². The van der Waals surface area contributed by atoms with Crippen molar-refractivity contribution in [2.24, 2.45) is 0 Å². The average molecular weight is 380 g/mol. The molecule has 0 bridgehead atoms. The number of carbonyl (C=O) groups excluding carboxylic acids is 1. The van der Waals surface area contributed by atoms with E-state index in [1.54, 1.807) is 0 Å². The minimum absolute atomic E-state index is 0.186. The molecular weight excluding hydrogens is 345 g/mol. The number of aldehydes is 1. The number of unbranched alkanes of at least 4 members (excludes halogenated alkanes) is 13. The second-order valence-corrected chi connectivity index (χ2v) is 7.33. The molecule has 1 aromatic rings. The second kappa shape index (κ2) is 15.3. The zero-order valence-corrected chi connectivity index (χ0v) is 16.5. The molecule has 0 aliphatic heterocycles. The minimum Gasteiger partial charge on any atom is -0.303 e. The van der Waals surface area contributed by atoms with E-state index < -0.39 is 10.7 Å². The van der Waals surface area contributed by atoms with E-state index in [2.05, 4.69) is 0 Å². The van der Waals surface area contributed by atoms with Gasteiger partial charge in [0.15, 0.2) is 0 Å². The number of nitro benzene ring substituents is 1. The van der Waals surface area contributed by atoms with Gasteiger partial charge in [-0.15, -0.1) is 0 Å². The molecule has 0 saturated carbocycles. The van der Waals surface area contributed by atoms with Gasteiger partial charge in [-0.3, -0.25) is 10.1 Å². The van der Waals surface area contributed by atoms with Gasteiger partial charge in [-0.05, 0) is 30.9 Å². The van der Waals surface area contributed by atoms with Crippen LogP contribution in [0.3, 0.4) is 0 Å². The molecule has 5 heteroatoms. The molecule has 0 amide bonds. The smallest absolute Gasteiger partial charge is 0.272 e. The SMILES string of the molecule is O=CCCCCCCCCCCCCCCCc1ccc([N+](=O)[O-])cc1F. The molecule has 4 nitrogen and oxygen atoms in total. The fourth-order valence-corrected chi connectivity index (χ4v) is 3.34. The monoisotopic (exact) mass is 379 g/mol. The third-order valence-electron chi connectivity index (χ3n) is 5.02. The Morgan fingerprint density at radius 3 is 1.74 bits per heavy atom. The zero-order valence-electron chi connectivity index (χ0n) is 16.5. The standard InChI is InChI=1S/C22H34FNO3/c23-22-19-21(24(26)27)17-16-20(22)15-13-11-9-7-5-3-1-2-4-6-8-10-12-14-18-25/h16-19H,1-15H2. The maximum Gasteiger partial charge on any atom is 0.272 e. The number of hydrogen-bond donors (Lipinski definition) is 0. The maximum absolute atomic E-state index is 13.8. The normalized spacial score (nSPS) is 10.9. The number of aryl methyl sites for hydroxylation is 1. The van der Waals surface area contributed by atoms with E-state index in [-0.39, 0.29) is 5.69 Å². The van der Waals surface area contributed by atoms with Crippen molar-refractivity contribution in [3.63, 3.8) is 0 Å². The number of benzene rings is 1. The van der Waals surface area contributed by atoms with Gasteiger partial charge in [-0.25, -0.2) is 4.39 Å². The number of hydrogen-bond acceptors (Lipinski definition) is 3. The molecule has 0 spiro atoms. The van der Waals surface area contributed by atoms with Gasteiger partial charge in [-0.1, -0.05) is 70.6 Å². The molecule has 152 valence electrons. The van der Waals surface area contributed by atoms with Crippen LogP contribution < -0.4 is 0 Å². The van der Waals surface area contributed by atoms with Crippen molar-refractivity contribution in [3.8, 4) is 0 Å². The first-order valence-electron chi connectivity index (χ1n) is 10.5. The van der Waals surface area contributed by atoms with Crippen LogP contribution in [0.5, 0.6) is 0 Å². The van der Waals surface area contributed by atoms with Crippen molar-refractivity contribution in [2.45, 2.75) is 96.3 Å². The number of rotatable bonds is 17. The number of non-ortho nitro benzene ring substituents is 1. The third kappa shape index (κ3) is 11.5. The van der Waals surface area contributed by atoms with Crippen LogP contribution in [0.15, 0.2) is 18.2 Å². The Balaban J connectivity index is 1.91. The van der Waals surface area contributed by atoms with Crippen LogP contribution in [0.1, 0.15) is 95.5 Å². The van der Waals surface area contributed by atoms with Crippen LogP contribution >= 0.6 is 0 Å². The summed E-state index contributed by atoms with van der Waals surface area (Å²) in [6.45, 7) is 0. The number of carbonyl (C=O) groups is 1. The highest BCUT2D eigenvalue weighted by Crippen LogP contribution is 2.19. The predicted molar refractivity (Wildman–Crippen MR) is 107 cm³/mol. The molecule has 1 aromatic carbocycles. The van der Waals surface area contributed by atoms with Crippen molar-refractivity contribution in [3.05, 3.63) is 39.7 Å². The molecule has 0 aliphatic carbocycles. The van der Waals surface area contributed by atoms with Crippen LogP contribution in [0.25, 0.3) is 0 Å². The summed E-state index contributed by atoms with van der Waals surface area (Å²) in [5, 5.41) is 10.6. The lowest BCUT2D eigenvalue weighted by molar-refractivity contribution is -0.385. The van der Waals surface area contributed by atoms with Crippen LogP contribution in [0.2, 0.25) is 0 Å². The van der Waals surface area contributed by atoms with Gasteiger partial charge in [-0.2, -0.15) is 0 Å². The molecule has 0 radical (unpaired) electrons. The van der Waals surface area contributed by atoms with E-state index in [1.807, 2.05) is 0 Å². The van der Waals surface area contributed by atoms with E-state index >= 15 is 0 Å². The quantitative estimate of drug-likeness (QED) is 0.127. The van der Waals surface area contributed by atoms with E-state index in [0.29, 0.717) is 18.4 Å². The molecule has 27 heavy (non-hydrogen) atoms. The van der Waals surface area contributed by atoms with Crippen molar-refractivity contribution >= 4 is 12.0 Å². The molecular formula is C22H34FNO3. The molecule has 0 saturated heterocycles. The van der Waals surface area contributed by atoms with E-state index in [0.717, 1.165) is 31.6 Å². The zero-order chi connectivity index (χ0) is 19.7. The molecule has 0 unspecified atom stereocenters. The van der Waals surface area contributed by atoms with Gasteiger partial charge in [0.25, 0.3) is 5.69 Å². The Labute approximate surface area is 162 Å². The largest absolute Gasteiger partial charge is 0.303 e. The summed E-state index contributed by atoms with van der Waals surface area (Å²) in [4.78, 5) is 20.2. The minimum atomic E-state index is -0.567. The van der Waals surface area contributed by atoms with Gasteiger partial charge >= 0.3 is 0 Å². The molecule has 0 N–H and O–H groups in total. The van der Waals surface area contributed by atoms with Crippen LogP contribution in [0, 0.1) is 15.9 Å². The van der Waals surface area contributed by atoms with Gasteiger partial charge in [0.1, 0.15) is 12.1 Å². The average Bonchev–Trinajstić information content (AvgIpc) is 2.65. The Bertz CT molecular complexity index is 548. The summed E-state index contributed by atoms with van der Waals surface area (Å²) in [6, 6.07) is 3.93. The number of nitrogens with zero attached hydrogens (tertiary/aromatic N) is 1. The summed E-state index contributed by atoms with van der Waals surface area (Å²) in [5.41, 5.74) is 0.390. The molecule has 0 aliphatic rings. The first-order chi connectivity index (χ1) is 13.1. The Morgan fingerprint density at radius 1 is 0.815 bits per heavy atom. The van der Waals surface area contributed by atoms with E-state index in [1.165, 1.54) is 76.3 Å². The summed E-state index contributed by atoms with van der Waals surface area (Å²) in [7, 11) is 0. The lowest BCUT2D eigenvalue weighted by Gasteiger charge is -2.04. The van der Waals surface area contributed by atoms with E-state index in [4.69, 9.17) is 0 Å². The van der Waals surface area contributed by atoms with Crippen molar-refractivity contribution in [2.75, 3.05) is 0 Å². The first kappa shape index (κ1) is 23.3. The maximum atomic E-state index is 13.8. The van der Waals surface area contributed by atoms with Gasteiger partial charge in [0, 0.05) is 12.5 Å². The third-order valence-corrected chi connectivity index (χ3v) is 5.02. The highest BCUT2D eigenvalue weighted by atomic mass is 19.1. The fraction of sp³-hybridized carbons (Fsp3) is 0.682. The van der Waals surface area contributed by atoms with Crippen LogP contribution in [-0.2, 0) is 11.2 Å². The van der Waals surface area contributed by atoms with Gasteiger partial charge in [0.05, 0.1) is 11.0 Å². The first-order valence-corrected chi connectivity index (χ1v) is 10.5. The summed E-state index contributed by atoms with van der Waals surface area (Å²) >= 11 is 0. The summed E-state index contributed by atoms with van der Waals surface area (Å²) < 4.78 is 13.8. The molecule has 0 heterocycles. The molecule has 0 aromatic heterocycles. The number of nitro groups is 1. The Kier molecular flexibility index (Phi) is 13.2. The van der Waals surface area contributed by atoms with Crippen molar-refractivity contribution in [1.82, 2.24) is 0 Å².